The topological polar surface area (TPSA) is 61.9 Å². The molecule has 0 amide bonds. The summed E-state index contributed by atoms with van der Waals surface area (Å²) >= 11 is 0. The number of hydrogen-bond donors (Lipinski definition) is 0. The number of nitrogens with zero attached hydrogens (tertiary/aromatic N) is 4. The summed E-state index contributed by atoms with van der Waals surface area (Å²) in [7, 11) is 1.75. The van der Waals surface area contributed by atoms with Gasteiger partial charge in [0.2, 0.25) is 0 Å². The van der Waals surface area contributed by atoms with Gasteiger partial charge in [-0.1, -0.05) is 13.3 Å². The molecule has 3 heterocycles. The highest BCUT2D eigenvalue weighted by Crippen LogP contribution is 2.32. The molecule has 3 rings (SSSR count). The van der Waals surface area contributed by atoms with Crippen LogP contribution in [0, 0.1) is 17.2 Å². The van der Waals surface area contributed by atoms with Crippen LogP contribution in [0.5, 0.6) is 0 Å². The normalized spacial score (nSPS) is 21.4. The minimum atomic E-state index is -0.0372. The lowest BCUT2D eigenvalue weighted by Crippen LogP contribution is -2.42. The first-order valence-electron chi connectivity index (χ1n) is 8.22. The van der Waals surface area contributed by atoms with Gasteiger partial charge in [0.05, 0.1) is 11.2 Å². The fourth-order valence-electron chi connectivity index (χ4n) is 3.44. The standard InChI is InChI=1S/C18H22N4O/c1-4-13-6-5-12(2)22(11-13)16-9-17(23)21(3)15-8-7-14(10-19)20-18(15)16/h7-9,12-13H,4-6,11H2,1-3H3/t12?,13-/m0/s1. The number of nitriles is 1. The second kappa shape index (κ2) is 6.04. The van der Waals surface area contributed by atoms with Crippen molar-refractivity contribution < 1.29 is 0 Å². The second-order valence-corrected chi connectivity index (χ2v) is 6.46. The van der Waals surface area contributed by atoms with Crippen LogP contribution in [0.3, 0.4) is 0 Å². The quantitative estimate of drug-likeness (QED) is 0.855. The summed E-state index contributed by atoms with van der Waals surface area (Å²) in [6.07, 6.45) is 3.49. The van der Waals surface area contributed by atoms with E-state index in [0.717, 1.165) is 36.1 Å². The zero-order valence-electron chi connectivity index (χ0n) is 13.9. The van der Waals surface area contributed by atoms with Crippen LogP contribution < -0.4 is 10.5 Å². The highest BCUT2D eigenvalue weighted by Gasteiger charge is 2.27. The van der Waals surface area contributed by atoms with E-state index in [1.807, 2.05) is 6.07 Å². The van der Waals surface area contributed by atoms with Crippen LogP contribution in [0.2, 0.25) is 0 Å². The predicted molar refractivity (Wildman–Crippen MR) is 91.5 cm³/mol. The number of rotatable bonds is 2. The number of piperidine rings is 1. The number of aryl methyl sites for hydroxylation is 1. The van der Waals surface area contributed by atoms with Gasteiger partial charge in [-0.3, -0.25) is 4.79 Å². The van der Waals surface area contributed by atoms with Gasteiger partial charge in [-0.2, -0.15) is 5.26 Å². The van der Waals surface area contributed by atoms with Gasteiger partial charge < -0.3 is 9.47 Å². The number of pyridine rings is 2. The molecule has 0 radical (unpaired) electrons. The van der Waals surface area contributed by atoms with E-state index in [4.69, 9.17) is 5.26 Å². The average Bonchev–Trinajstić information content (AvgIpc) is 2.58. The van der Waals surface area contributed by atoms with Gasteiger partial charge in [-0.25, -0.2) is 4.98 Å². The summed E-state index contributed by atoms with van der Waals surface area (Å²) in [4.78, 5) is 19.1. The van der Waals surface area contributed by atoms with Crippen molar-refractivity contribution in [2.75, 3.05) is 11.4 Å². The first-order valence-corrected chi connectivity index (χ1v) is 8.22. The van der Waals surface area contributed by atoms with E-state index >= 15 is 0 Å². The molecule has 1 aliphatic rings. The van der Waals surface area contributed by atoms with Crippen LogP contribution in [0.1, 0.15) is 38.8 Å². The van der Waals surface area contributed by atoms with Gasteiger partial charge in [0.1, 0.15) is 17.3 Å². The number of aromatic nitrogens is 2. The minimum Gasteiger partial charge on any atom is -0.367 e. The summed E-state index contributed by atoms with van der Waals surface area (Å²) in [6.45, 7) is 5.36. The van der Waals surface area contributed by atoms with Crippen molar-refractivity contribution in [3.63, 3.8) is 0 Å². The summed E-state index contributed by atoms with van der Waals surface area (Å²) in [5.41, 5.74) is 2.73. The van der Waals surface area contributed by atoms with E-state index in [1.165, 1.54) is 6.42 Å². The average molecular weight is 310 g/mol. The van der Waals surface area contributed by atoms with Crippen molar-refractivity contribution in [3.8, 4) is 6.07 Å². The molecule has 2 atom stereocenters. The van der Waals surface area contributed by atoms with Gasteiger partial charge in [0.25, 0.3) is 5.56 Å². The van der Waals surface area contributed by atoms with Crippen LogP contribution >= 0.6 is 0 Å². The highest BCUT2D eigenvalue weighted by molar-refractivity contribution is 5.88. The smallest absolute Gasteiger partial charge is 0.252 e. The number of fused-ring (bicyclic) bond motifs is 1. The maximum absolute atomic E-state index is 12.4. The van der Waals surface area contributed by atoms with Crippen LogP contribution in [-0.2, 0) is 7.05 Å². The van der Waals surface area contributed by atoms with Gasteiger partial charge in [-0.05, 0) is 37.8 Å². The molecule has 23 heavy (non-hydrogen) atoms. The summed E-state index contributed by atoms with van der Waals surface area (Å²) in [5, 5.41) is 9.16. The van der Waals surface area contributed by atoms with Crippen molar-refractivity contribution >= 4 is 16.7 Å². The summed E-state index contributed by atoms with van der Waals surface area (Å²) in [6, 6.07) is 7.63. The largest absolute Gasteiger partial charge is 0.367 e. The molecule has 1 aliphatic heterocycles. The van der Waals surface area contributed by atoms with Crippen molar-refractivity contribution in [3.05, 3.63) is 34.2 Å². The third kappa shape index (κ3) is 2.70. The molecule has 1 unspecified atom stereocenters. The minimum absolute atomic E-state index is 0.0372. The second-order valence-electron chi connectivity index (χ2n) is 6.46. The van der Waals surface area contributed by atoms with Crippen LogP contribution in [-0.4, -0.2) is 22.1 Å². The highest BCUT2D eigenvalue weighted by atomic mass is 16.1. The Morgan fingerprint density at radius 2 is 2.17 bits per heavy atom. The van der Waals surface area contributed by atoms with Crippen LogP contribution in [0.25, 0.3) is 11.0 Å². The van der Waals surface area contributed by atoms with Gasteiger partial charge >= 0.3 is 0 Å². The Hall–Kier alpha value is -2.35. The van der Waals surface area contributed by atoms with E-state index in [9.17, 15) is 4.79 Å². The zero-order chi connectivity index (χ0) is 16.6. The molecule has 5 nitrogen and oxygen atoms in total. The zero-order valence-corrected chi connectivity index (χ0v) is 13.9. The molecule has 0 bridgehead atoms. The molecule has 2 aromatic rings. The lowest BCUT2D eigenvalue weighted by Gasteiger charge is -2.39. The van der Waals surface area contributed by atoms with Gasteiger partial charge in [0.15, 0.2) is 0 Å². The molecular weight excluding hydrogens is 288 g/mol. The van der Waals surface area contributed by atoms with E-state index in [0.29, 0.717) is 17.7 Å². The molecule has 120 valence electrons. The lowest BCUT2D eigenvalue weighted by atomic mass is 9.91. The fraction of sp³-hybridized carbons (Fsp3) is 0.500. The molecule has 0 N–H and O–H groups in total. The first-order chi connectivity index (χ1) is 11.0. The van der Waals surface area contributed by atoms with E-state index in [-0.39, 0.29) is 5.56 Å². The maximum Gasteiger partial charge on any atom is 0.252 e. The Morgan fingerprint density at radius 1 is 1.39 bits per heavy atom. The van der Waals surface area contributed by atoms with Gasteiger partial charge in [-0.15, -0.1) is 0 Å². The Morgan fingerprint density at radius 3 is 2.87 bits per heavy atom. The Kier molecular flexibility index (Phi) is 4.08. The molecular formula is C18H22N4O. The molecule has 2 aromatic heterocycles. The van der Waals surface area contributed by atoms with Crippen LogP contribution in [0.4, 0.5) is 5.69 Å². The predicted octanol–water partition coefficient (Wildman–Crippen LogP) is 2.82. The Labute approximate surface area is 136 Å². The molecule has 5 heteroatoms. The van der Waals surface area contributed by atoms with E-state index in [1.54, 1.807) is 23.7 Å². The maximum atomic E-state index is 12.4. The molecule has 1 fully saturated rings. The van der Waals surface area contributed by atoms with E-state index in [2.05, 4.69) is 29.8 Å². The molecule has 1 saturated heterocycles. The Balaban J connectivity index is 2.21. The Bertz CT molecular complexity index is 833. The molecule has 0 spiro atoms. The summed E-state index contributed by atoms with van der Waals surface area (Å²) in [5.74, 6) is 0.643. The first kappa shape index (κ1) is 15.5. The van der Waals surface area contributed by atoms with E-state index < -0.39 is 0 Å². The third-order valence-corrected chi connectivity index (χ3v) is 5.05. The lowest BCUT2D eigenvalue weighted by molar-refractivity contribution is 0.359. The molecule has 0 aliphatic carbocycles. The van der Waals surface area contributed by atoms with Crippen molar-refractivity contribution in [1.29, 1.82) is 5.26 Å². The van der Waals surface area contributed by atoms with Gasteiger partial charge in [0, 0.05) is 25.7 Å². The van der Waals surface area contributed by atoms with Crippen LogP contribution in [0.15, 0.2) is 23.0 Å². The third-order valence-electron chi connectivity index (χ3n) is 5.05. The molecule has 0 aromatic carbocycles. The SMILES string of the molecule is CC[C@H]1CCC(C)N(c2cc(=O)n(C)c3ccc(C#N)nc23)C1. The van der Waals surface area contributed by atoms with Crippen molar-refractivity contribution in [1.82, 2.24) is 9.55 Å². The number of hydrogen-bond acceptors (Lipinski definition) is 4. The summed E-state index contributed by atoms with van der Waals surface area (Å²) < 4.78 is 1.60. The van der Waals surface area contributed by atoms with Crippen molar-refractivity contribution in [2.24, 2.45) is 13.0 Å². The molecule has 0 saturated carbocycles. The number of anilines is 1. The van der Waals surface area contributed by atoms with Crippen molar-refractivity contribution in [2.45, 2.75) is 39.2 Å². The fourth-order valence-corrected chi connectivity index (χ4v) is 3.44. The monoisotopic (exact) mass is 310 g/mol.